The van der Waals surface area contributed by atoms with E-state index in [4.69, 9.17) is 0 Å². The third kappa shape index (κ3) is 2.79. The van der Waals surface area contributed by atoms with Gasteiger partial charge in [0.15, 0.2) is 5.78 Å². The SMILES string of the molecule is CCCN(CC)[C@@H]1CCC2=C(CCCC2=O)C1. The number of carbonyl (C=O) groups is 1. The highest BCUT2D eigenvalue weighted by Gasteiger charge is 2.29. The highest BCUT2D eigenvalue weighted by Crippen LogP contribution is 2.35. The van der Waals surface area contributed by atoms with Crippen LogP contribution in [0.4, 0.5) is 0 Å². The fourth-order valence-electron chi connectivity index (χ4n) is 3.40. The summed E-state index contributed by atoms with van der Waals surface area (Å²) in [5.41, 5.74) is 2.70. The van der Waals surface area contributed by atoms with Crippen molar-refractivity contribution in [3.05, 3.63) is 11.1 Å². The molecule has 0 amide bonds. The van der Waals surface area contributed by atoms with E-state index in [1.165, 1.54) is 37.0 Å². The number of hydrogen-bond acceptors (Lipinski definition) is 2. The Kier molecular flexibility index (Phi) is 4.38. The molecule has 0 fully saturated rings. The molecule has 0 spiro atoms. The van der Waals surface area contributed by atoms with Crippen LogP contribution in [0.15, 0.2) is 11.1 Å². The van der Waals surface area contributed by atoms with Gasteiger partial charge in [0.25, 0.3) is 0 Å². The van der Waals surface area contributed by atoms with Gasteiger partial charge in [0, 0.05) is 12.5 Å². The van der Waals surface area contributed by atoms with Crippen LogP contribution in [0.25, 0.3) is 0 Å². The molecular weight excluding hydrogens is 210 g/mol. The second-order valence-electron chi connectivity index (χ2n) is 5.38. The van der Waals surface area contributed by atoms with E-state index in [9.17, 15) is 4.79 Å². The molecule has 0 bridgehead atoms. The van der Waals surface area contributed by atoms with E-state index < -0.39 is 0 Å². The van der Waals surface area contributed by atoms with Crippen LogP contribution in [-0.4, -0.2) is 29.8 Å². The van der Waals surface area contributed by atoms with Crippen molar-refractivity contribution in [3.8, 4) is 0 Å². The molecule has 0 aromatic carbocycles. The van der Waals surface area contributed by atoms with Crippen LogP contribution in [0.3, 0.4) is 0 Å². The molecule has 0 aliphatic heterocycles. The standard InChI is InChI=1S/C15H25NO/c1-3-10-16(4-2)13-8-9-14-12(11-13)6-5-7-15(14)17/h13H,3-11H2,1-2H3/t13-/m1/s1. The van der Waals surface area contributed by atoms with Gasteiger partial charge in [0.2, 0.25) is 0 Å². The van der Waals surface area contributed by atoms with Gasteiger partial charge in [-0.05, 0) is 57.2 Å². The maximum atomic E-state index is 11.8. The minimum Gasteiger partial charge on any atom is -0.300 e. The first-order valence-electron chi connectivity index (χ1n) is 7.24. The zero-order chi connectivity index (χ0) is 12.3. The van der Waals surface area contributed by atoms with Gasteiger partial charge in [0.1, 0.15) is 0 Å². The predicted octanol–water partition coefficient (Wildman–Crippen LogP) is 3.32. The van der Waals surface area contributed by atoms with Gasteiger partial charge in [-0.15, -0.1) is 0 Å². The molecule has 0 N–H and O–H groups in total. The Balaban J connectivity index is 2.05. The third-order valence-electron chi connectivity index (χ3n) is 4.29. The Morgan fingerprint density at radius 3 is 2.76 bits per heavy atom. The molecule has 0 aromatic heterocycles. The third-order valence-corrected chi connectivity index (χ3v) is 4.29. The van der Waals surface area contributed by atoms with Crippen molar-refractivity contribution in [2.75, 3.05) is 13.1 Å². The highest BCUT2D eigenvalue weighted by molar-refractivity contribution is 5.97. The Morgan fingerprint density at radius 1 is 1.24 bits per heavy atom. The molecule has 96 valence electrons. The predicted molar refractivity (Wildman–Crippen MR) is 71.1 cm³/mol. The zero-order valence-electron chi connectivity index (χ0n) is 11.3. The molecule has 0 unspecified atom stereocenters. The van der Waals surface area contributed by atoms with Crippen molar-refractivity contribution in [1.82, 2.24) is 4.90 Å². The van der Waals surface area contributed by atoms with E-state index in [-0.39, 0.29) is 0 Å². The molecule has 17 heavy (non-hydrogen) atoms. The minimum atomic E-state index is 0.447. The molecule has 2 aliphatic carbocycles. The Bertz CT molecular complexity index is 319. The van der Waals surface area contributed by atoms with Crippen LogP contribution in [-0.2, 0) is 4.79 Å². The first-order chi connectivity index (χ1) is 8.26. The van der Waals surface area contributed by atoms with E-state index in [0.29, 0.717) is 11.8 Å². The van der Waals surface area contributed by atoms with Crippen LogP contribution in [0.5, 0.6) is 0 Å². The lowest BCUT2D eigenvalue weighted by Crippen LogP contribution is -2.38. The minimum absolute atomic E-state index is 0.447. The summed E-state index contributed by atoms with van der Waals surface area (Å²) in [4.78, 5) is 14.4. The van der Waals surface area contributed by atoms with Crippen molar-refractivity contribution in [1.29, 1.82) is 0 Å². The smallest absolute Gasteiger partial charge is 0.158 e. The molecule has 1 atom stereocenters. The summed E-state index contributed by atoms with van der Waals surface area (Å²) in [5.74, 6) is 0.447. The van der Waals surface area contributed by atoms with E-state index in [1.54, 1.807) is 0 Å². The lowest BCUT2D eigenvalue weighted by molar-refractivity contribution is -0.116. The number of allylic oxidation sites excluding steroid dienone is 1. The summed E-state index contributed by atoms with van der Waals surface area (Å²) in [7, 11) is 0. The van der Waals surface area contributed by atoms with Crippen LogP contribution in [0.1, 0.15) is 58.8 Å². The molecule has 0 saturated carbocycles. The summed E-state index contributed by atoms with van der Waals surface area (Å²) >= 11 is 0. The van der Waals surface area contributed by atoms with Crippen LogP contribution in [0.2, 0.25) is 0 Å². The number of ketones is 1. The highest BCUT2D eigenvalue weighted by atomic mass is 16.1. The van der Waals surface area contributed by atoms with Crippen molar-refractivity contribution >= 4 is 5.78 Å². The van der Waals surface area contributed by atoms with Gasteiger partial charge in [-0.25, -0.2) is 0 Å². The van der Waals surface area contributed by atoms with Crippen molar-refractivity contribution in [2.45, 2.75) is 64.8 Å². The fourth-order valence-corrected chi connectivity index (χ4v) is 3.40. The van der Waals surface area contributed by atoms with E-state index in [1.807, 2.05) is 0 Å². The van der Waals surface area contributed by atoms with Crippen LogP contribution >= 0.6 is 0 Å². The van der Waals surface area contributed by atoms with Gasteiger partial charge in [-0.2, -0.15) is 0 Å². The van der Waals surface area contributed by atoms with Gasteiger partial charge in [-0.1, -0.05) is 19.4 Å². The number of hydrogen-bond donors (Lipinski definition) is 0. The molecule has 0 aromatic rings. The molecule has 0 radical (unpaired) electrons. The zero-order valence-corrected chi connectivity index (χ0v) is 11.3. The van der Waals surface area contributed by atoms with Gasteiger partial charge in [-0.3, -0.25) is 4.79 Å². The van der Waals surface area contributed by atoms with Gasteiger partial charge < -0.3 is 4.90 Å². The van der Waals surface area contributed by atoms with Crippen molar-refractivity contribution in [3.63, 3.8) is 0 Å². The average Bonchev–Trinajstić information content (AvgIpc) is 2.36. The van der Waals surface area contributed by atoms with E-state index in [2.05, 4.69) is 18.7 Å². The second-order valence-corrected chi connectivity index (χ2v) is 5.38. The van der Waals surface area contributed by atoms with E-state index >= 15 is 0 Å². The van der Waals surface area contributed by atoms with Gasteiger partial charge >= 0.3 is 0 Å². The van der Waals surface area contributed by atoms with Crippen LogP contribution < -0.4 is 0 Å². The molecule has 2 aliphatic rings. The largest absolute Gasteiger partial charge is 0.300 e. The fraction of sp³-hybridized carbons (Fsp3) is 0.800. The summed E-state index contributed by atoms with van der Waals surface area (Å²) in [6.45, 7) is 6.86. The second kappa shape index (κ2) is 5.81. The Hall–Kier alpha value is -0.630. The normalized spacial score (nSPS) is 25.4. The van der Waals surface area contributed by atoms with Crippen LogP contribution in [0, 0.1) is 0 Å². The number of rotatable bonds is 4. The maximum Gasteiger partial charge on any atom is 0.158 e. The first kappa shape index (κ1) is 12.8. The summed E-state index contributed by atoms with van der Waals surface area (Å²) in [5, 5.41) is 0. The summed E-state index contributed by atoms with van der Waals surface area (Å²) in [6, 6.07) is 0.699. The summed E-state index contributed by atoms with van der Waals surface area (Å²) < 4.78 is 0. The Morgan fingerprint density at radius 2 is 2.06 bits per heavy atom. The molecule has 2 heteroatoms. The Labute approximate surface area is 105 Å². The first-order valence-corrected chi connectivity index (χ1v) is 7.24. The molecule has 2 nitrogen and oxygen atoms in total. The molecule has 0 saturated heterocycles. The van der Waals surface area contributed by atoms with E-state index in [0.717, 1.165) is 32.2 Å². The lowest BCUT2D eigenvalue weighted by Gasteiger charge is -2.36. The van der Waals surface area contributed by atoms with Crippen molar-refractivity contribution in [2.24, 2.45) is 0 Å². The van der Waals surface area contributed by atoms with Gasteiger partial charge in [0.05, 0.1) is 0 Å². The number of Topliss-reactive ketones (excluding diaryl/α,β-unsaturated/α-hetero) is 1. The number of carbonyl (C=O) groups excluding carboxylic acids is 1. The topological polar surface area (TPSA) is 20.3 Å². The molecule has 0 heterocycles. The lowest BCUT2D eigenvalue weighted by atomic mass is 9.79. The molecule has 2 rings (SSSR count). The summed E-state index contributed by atoms with van der Waals surface area (Å²) in [6.07, 6.45) is 7.70. The van der Waals surface area contributed by atoms with Crippen molar-refractivity contribution < 1.29 is 4.79 Å². The quantitative estimate of drug-likeness (QED) is 0.745. The number of nitrogens with zero attached hydrogens (tertiary/aromatic N) is 1. The molecular formula is C15H25NO. The average molecular weight is 235 g/mol. The maximum absolute atomic E-state index is 11.8. The monoisotopic (exact) mass is 235 g/mol.